The van der Waals surface area contributed by atoms with Gasteiger partial charge in [0.05, 0.1) is 5.41 Å². The fourth-order valence-electron chi connectivity index (χ4n) is 2.68. The number of nitrogens with one attached hydrogen (secondary N) is 1. The maximum atomic E-state index is 12.3. The zero-order valence-corrected chi connectivity index (χ0v) is 17.4. The number of anilines is 1. The van der Waals surface area contributed by atoms with Crippen LogP contribution in [0.5, 0.6) is 11.6 Å². The summed E-state index contributed by atoms with van der Waals surface area (Å²) in [6.45, 7) is 1.97. The lowest BCUT2D eigenvalue weighted by Gasteiger charge is -2.08. The summed E-state index contributed by atoms with van der Waals surface area (Å²) < 4.78 is 34.6. The van der Waals surface area contributed by atoms with Crippen molar-refractivity contribution in [3.8, 4) is 17.4 Å². The van der Waals surface area contributed by atoms with Gasteiger partial charge in [-0.15, -0.1) is 0 Å². The first-order valence-electron chi connectivity index (χ1n) is 9.33. The number of rotatable bonds is 7. The third kappa shape index (κ3) is 5.55. The fraction of sp³-hybridized carbons (Fsp3) is 0.0455. The average molecular weight is 433 g/mol. The van der Waals surface area contributed by atoms with Gasteiger partial charge in [0.15, 0.2) is 0 Å². The van der Waals surface area contributed by atoms with E-state index in [-0.39, 0.29) is 0 Å². The number of ether oxygens (including phenoxy) is 1. The zero-order chi connectivity index (χ0) is 21.7. The predicted octanol–water partition coefficient (Wildman–Crippen LogP) is 4.18. The number of aryl methyl sites for hydroxylation is 1. The van der Waals surface area contributed by atoms with Crippen molar-refractivity contribution in [2.24, 2.45) is 0 Å². The van der Waals surface area contributed by atoms with Crippen LogP contribution in [0.3, 0.4) is 0 Å². The van der Waals surface area contributed by atoms with Gasteiger partial charge in [0.25, 0.3) is 10.0 Å². The zero-order valence-electron chi connectivity index (χ0n) is 16.6. The summed E-state index contributed by atoms with van der Waals surface area (Å²) in [5.74, 6) is 1.48. The Morgan fingerprint density at radius 1 is 1.03 bits per heavy atom. The second kappa shape index (κ2) is 8.80. The van der Waals surface area contributed by atoms with Gasteiger partial charge in [0, 0.05) is 24.1 Å². The molecule has 2 aromatic carbocycles. The van der Waals surface area contributed by atoms with Crippen LogP contribution >= 0.6 is 0 Å². The number of hydrogen-bond acceptors (Lipinski definition) is 6. The minimum atomic E-state index is -3.65. The molecular weight excluding hydrogens is 414 g/mol. The number of aromatic nitrogens is 4. The third-order valence-corrected chi connectivity index (χ3v) is 5.26. The van der Waals surface area contributed by atoms with Gasteiger partial charge in [-0.05, 0) is 42.8 Å². The van der Waals surface area contributed by atoms with Gasteiger partial charge in [0.1, 0.15) is 24.2 Å². The Labute approximate surface area is 180 Å². The second-order valence-electron chi connectivity index (χ2n) is 6.67. The number of imidazole rings is 1. The highest BCUT2D eigenvalue weighted by molar-refractivity contribution is 7.95. The Morgan fingerprint density at radius 2 is 1.81 bits per heavy atom. The van der Waals surface area contributed by atoms with E-state index in [0.29, 0.717) is 23.1 Å². The van der Waals surface area contributed by atoms with Crippen LogP contribution in [0.15, 0.2) is 85.1 Å². The van der Waals surface area contributed by atoms with Crippen molar-refractivity contribution in [2.75, 3.05) is 4.72 Å². The van der Waals surface area contributed by atoms with Crippen LogP contribution in [0, 0.1) is 6.92 Å². The van der Waals surface area contributed by atoms with Gasteiger partial charge < -0.3 is 4.74 Å². The second-order valence-corrected chi connectivity index (χ2v) is 8.24. The SMILES string of the molecule is Cc1ccc(/C=C/S(=O)(=O)Nc2ccc(Oc3cc(-n4ccnc4)ncn3)cc2)cc1. The normalized spacial score (nSPS) is 11.5. The van der Waals surface area contributed by atoms with Crippen LogP contribution in [0.2, 0.25) is 0 Å². The first-order chi connectivity index (χ1) is 15.0. The molecule has 4 aromatic rings. The van der Waals surface area contributed by atoms with E-state index in [1.165, 1.54) is 6.33 Å². The van der Waals surface area contributed by atoms with E-state index in [2.05, 4.69) is 19.7 Å². The topological polar surface area (TPSA) is 99.0 Å². The Morgan fingerprint density at radius 3 is 2.52 bits per heavy atom. The molecule has 4 rings (SSSR count). The lowest BCUT2D eigenvalue weighted by atomic mass is 10.2. The van der Waals surface area contributed by atoms with Crippen molar-refractivity contribution < 1.29 is 13.2 Å². The van der Waals surface area contributed by atoms with Crippen LogP contribution in [-0.2, 0) is 10.0 Å². The minimum absolute atomic E-state index is 0.355. The Kier molecular flexibility index (Phi) is 5.76. The van der Waals surface area contributed by atoms with Gasteiger partial charge >= 0.3 is 0 Å². The molecule has 8 nitrogen and oxygen atoms in total. The molecule has 156 valence electrons. The molecule has 2 heterocycles. The van der Waals surface area contributed by atoms with E-state index in [4.69, 9.17) is 4.74 Å². The molecule has 0 radical (unpaired) electrons. The largest absolute Gasteiger partial charge is 0.439 e. The van der Waals surface area contributed by atoms with E-state index < -0.39 is 10.0 Å². The van der Waals surface area contributed by atoms with E-state index in [9.17, 15) is 8.42 Å². The summed E-state index contributed by atoms with van der Waals surface area (Å²) in [5, 5.41) is 1.14. The molecule has 0 atom stereocenters. The summed E-state index contributed by atoms with van der Waals surface area (Å²) in [4.78, 5) is 12.3. The molecule has 0 amide bonds. The van der Waals surface area contributed by atoms with Crippen LogP contribution < -0.4 is 9.46 Å². The Balaban J connectivity index is 1.41. The first-order valence-corrected chi connectivity index (χ1v) is 10.9. The van der Waals surface area contributed by atoms with Crippen molar-refractivity contribution in [3.05, 3.63) is 96.2 Å². The van der Waals surface area contributed by atoms with E-state index in [1.54, 1.807) is 59.7 Å². The number of benzene rings is 2. The highest BCUT2D eigenvalue weighted by atomic mass is 32.2. The summed E-state index contributed by atoms with van der Waals surface area (Å²) in [6, 6.07) is 15.8. The molecule has 2 aromatic heterocycles. The van der Waals surface area contributed by atoms with Gasteiger partial charge in [-0.25, -0.2) is 23.4 Å². The first kappa shape index (κ1) is 20.3. The number of nitrogens with zero attached hydrogens (tertiary/aromatic N) is 4. The summed E-state index contributed by atoms with van der Waals surface area (Å²) >= 11 is 0. The monoisotopic (exact) mass is 433 g/mol. The summed E-state index contributed by atoms with van der Waals surface area (Å²) in [5.41, 5.74) is 2.34. The Hall–Kier alpha value is -3.98. The lowest BCUT2D eigenvalue weighted by molar-refractivity contribution is 0.461. The molecule has 0 saturated heterocycles. The van der Waals surface area contributed by atoms with E-state index >= 15 is 0 Å². The molecule has 0 aliphatic heterocycles. The smallest absolute Gasteiger partial charge is 0.255 e. The molecule has 0 aliphatic carbocycles. The van der Waals surface area contributed by atoms with Crippen molar-refractivity contribution in [3.63, 3.8) is 0 Å². The summed E-state index contributed by atoms with van der Waals surface area (Å²) in [7, 11) is -3.65. The van der Waals surface area contributed by atoms with E-state index in [0.717, 1.165) is 16.5 Å². The molecule has 0 bridgehead atoms. The van der Waals surface area contributed by atoms with Crippen LogP contribution in [0.1, 0.15) is 11.1 Å². The molecule has 9 heteroatoms. The fourth-order valence-corrected chi connectivity index (χ4v) is 3.55. The van der Waals surface area contributed by atoms with Gasteiger partial charge in [0.2, 0.25) is 5.88 Å². The molecule has 0 unspecified atom stereocenters. The molecule has 1 N–H and O–H groups in total. The van der Waals surface area contributed by atoms with Gasteiger partial charge in [-0.2, -0.15) is 0 Å². The van der Waals surface area contributed by atoms with Gasteiger partial charge in [-0.1, -0.05) is 29.8 Å². The molecule has 0 fully saturated rings. The number of hydrogen-bond donors (Lipinski definition) is 1. The molecule has 31 heavy (non-hydrogen) atoms. The van der Waals surface area contributed by atoms with Crippen LogP contribution in [-0.4, -0.2) is 27.9 Å². The Bertz CT molecular complexity index is 1280. The minimum Gasteiger partial charge on any atom is -0.439 e. The van der Waals surface area contributed by atoms with Crippen molar-refractivity contribution >= 4 is 21.8 Å². The highest BCUT2D eigenvalue weighted by Gasteiger charge is 2.07. The van der Waals surface area contributed by atoms with Crippen molar-refractivity contribution in [1.29, 1.82) is 0 Å². The van der Waals surface area contributed by atoms with Crippen LogP contribution in [0.25, 0.3) is 11.9 Å². The van der Waals surface area contributed by atoms with E-state index in [1.807, 2.05) is 31.2 Å². The highest BCUT2D eigenvalue weighted by Crippen LogP contribution is 2.23. The third-order valence-electron chi connectivity index (χ3n) is 4.25. The van der Waals surface area contributed by atoms with Crippen molar-refractivity contribution in [1.82, 2.24) is 19.5 Å². The molecule has 0 spiro atoms. The number of sulfonamides is 1. The molecule has 0 aliphatic rings. The lowest BCUT2D eigenvalue weighted by Crippen LogP contribution is -2.08. The standard InChI is InChI=1S/C22H19N5O3S/c1-17-2-4-18(5-3-17)10-13-31(28,29)26-19-6-8-20(9-7-19)30-22-14-21(24-15-25-22)27-12-11-23-16-27/h2-16,26H,1H3/b13-10+. The maximum Gasteiger partial charge on any atom is 0.255 e. The quantitative estimate of drug-likeness (QED) is 0.470. The maximum absolute atomic E-state index is 12.3. The summed E-state index contributed by atoms with van der Waals surface area (Å²) in [6.07, 6.45) is 7.98. The van der Waals surface area contributed by atoms with Gasteiger partial charge in [-0.3, -0.25) is 9.29 Å². The van der Waals surface area contributed by atoms with Crippen LogP contribution in [0.4, 0.5) is 5.69 Å². The van der Waals surface area contributed by atoms with Crippen molar-refractivity contribution in [2.45, 2.75) is 6.92 Å². The molecule has 0 saturated carbocycles. The molecular formula is C22H19N5O3S. The predicted molar refractivity (Wildman–Crippen MR) is 118 cm³/mol. The average Bonchev–Trinajstić information content (AvgIpc) is 3.30.